The van der Waals surface area contributed by atoms with Crippen molar-refractivity contribution in [3.63, 3.8) is 0 Å². The van der Waals surface area contributed by atoms with Crippen LogP contribution in [0.4, 0.5) is 4.39 Å². The summed E-state index contributed by atoms with van der Waals surface area (Å²) in [5.41, 5.74) is -0.301. The summed E-state index contributed by atoms with van der Waals surface area (Å²) in [5.74, 6) is -2.32. The van der Waals surface area contributed by atoms with Crippen molar-refractivity contribution in [1.82, 2.24) is 4.31 Å². The molecule has 0 aromatic heterocycles. The van der Waals surface area contributed by atoms with E-state index in [0.717, 1.165) is 16.4 Å². The maximum Gasteiger partial charge on any atom is 0.335 e. The second kappa shape index (κ2) is 6.08. The molecule has 8 heteroatoms. The minimum atomic E-state index is -3.98. The molecule has 1 aromatic carbocycles. The Balaban J connectivity index is 2.26. The third kappa shape index (κ3) is 3.22. The van der Waals surface area contributed by atoms with Crippen molar-refractivity contribution >= 4 is 16.0 Å². The minimum absolute atomic E-state index is 0.00948. The summed E-state index contributed by atoms with van der Waals surface area (Å²) in [7, 11) is -3.98. The SMILES string of the molecule is O=C(O)c1ccc(S(=O)(=O)N2CCC(CO)CC2)c(F)c1. The standard InChI is InChI=1S/C13H16FNO5S/c14-11-7-10(13(17)18)1-2-12(11)21(19,20)15-5-3-9(8-16)4-6-15/h1-2,7,9,16H,3-6,8H2,(H,17,18). The zero-order valence-electron chi connectivity index (χ0n) is 11.2. The normalized spacial score (nSPS) is 17.8. The number of halogens is 1. The van der Waals surface area contributed by atoms with Crippen molar-refractivity contribution in [3.05, 3.63) is 29.6 Å². The quantitative estimate of drug-likeness (QED) is 0.861. The molecule has 1 aliphatic heterocycles. The third-order valence-corrected chi connectivity index (χ3v) is 5.56. The van der Waals surface area contributed by atoms with Gasteiger partial charge in [0.05, 0.1) is 5.56 Å². The molecule has 0 atom stereocenters. The molecule has 1 saturated heterocycles. The summed E-state index contributed by atoms with van der Waals surface area (Å²) >= 11 is 0. The van der Waals surface area contributed by atoms with E-state index in [1.165, 1.54) is 0 Å². The predicted octanol–water partition coefficient (Wildman–Crippen LogP) is 0.917. The van der Waals surface area contributed by atoms with Crippen molar-refractivity contribution in [2.24, 2.45) is 5.92 Å². The molecule has 1 aromatic rings. The zero-order valence-corrected chi connectivity index (χ0v) is 12.0. The lowest BCUT2D eigenvalue weighted by atomic mass is 10.00. The first-order chi connectivity index (χ1) is 9.86. The maximum absolute atomic E-state index is 13.9. The largest absolute Gasteiger partial charge is 0.478 e. The lowest BCUT2D eigenvalue weighted by molar-refractivity contribution is 0.0696. The van der Waals surface area contributed by atoms with E-state index in [9.17, 15) is 17.6 Å². The number of carboxylic acid groups (broad SMARTS) is 1. The number of carboxylic acids is 1. The van der Waals surface area contributed by atoms with E-state index in [1.807, 2.05) is 0 Å². The van der Waals surface area contributed by atoms with Crippen LogP contribution in [0.15, 0.2) is 23.1 Å². The summed E-state index contributed by atoms with van der Waals surface area (Å²) in [4.78, 5) is 10.2. The fourth-order valence-corrected chi connectivity index (χ4v) is 3.83. The van der Waals surface area contributed by atoms with Gasteiger partial charge in [-0.2, -0.15) is 4.31 Å². The van der Waals surface area contributed by atoms with Crippen molar-refractivity contribution in [3.8, 4) is 0 Å². The van der Waals surface area contributed by atoms with Crippen molar-refractivity contribution in [1.29, 1.82) is 0 Å². The molecule has 0 aliphatic carbocycles. The molecule has 0 bridgehead atoms. The summed E-state index contributed by atoms with van der Waals surface area (Å²) in [6.07, 6.45) is 1.04. The Bertz CT molecular complexity index is 638. The number of sulfonamides is 1. The number of hydrogen-bond acceptors (Lipinski definition) is 4. The summed E-state index contributed by atoms with van der Waals surface area (Å²) in [5, 5.41) is 17.8. The van der Waals surface area contributed by atoms with E-state index < -0.39 is 26.7 Å². The lowest BCUT2D eigenvalue weighted by Gasteiger charge is -2.30. The van der Waals surface area contributed by atoms with Gasteiger partial charge < -0.3 is 10.2 Å². The highest BCUT2D eigenvalue weighted by atomic mass is 32.2. The van der Waals surface area contributed by atoms with Gasteiger partial charge in [0.15, 0.2) is 0 Å². The van der Waals surface area contributed by atoms with Gasteiger partial charge in [0.1, 0.15) is 10.7 Å². The van der Waals surface area contributed by atoms with Gasteiger partial charge in [0, 0.05) is 19.7 Å². The van der Waals surface area contributed by atoms with Crippen LogP contribution in [-0.2, 0) is 10.0 Å². The van der Waals surface area contributed by atoms with Crippen LogP contribution in [0.5, 0.6) is 0 Å². The molecule has 2 rings (SSSR count). The highest BCUT2D eigenvalue weighted by Gasteiger charge is 2.31. The van der Waals surface area contributed by atoms with Crippen LogP contribution in [0.1, 0.15) is 23.2 Å². The van der Waals surface area contributed by atoms with Crippen molar-refractivity contribution in [2.75, 3.05) is 19.7 Å². The third-order valence-electron chi connectivity index (χ3n) is 3.63. The molecule has 0 amide bonds. The van der Waals surface area contributed by atoms with Gasteiger partial charge in [-0.1, -0.05) is 0 Å². The Kier molecular flexibility index (Phi) is 4.60. The first-order valence-corrected chi connectivity index (χ1v) is 7.94. The van der Waals surface area contributed by atoms with E-state index in [-0.39, 0.29) is 31.2 Å². The highest BCUT2D eigenvalue weighted by Crippen LogP contribution is 2.25. The van der Waals surface area contributed by atoms with Gasteiger partial charge in [0.25, 0.3) is 0 Å². The molecule has 6 nitrogen and oxygen atoms in total. The number of piperidine rings is 1. The first kappa shape index (κ1) is 15.9. The number of nitrogens with zero attached hydrogens (tertiary/aromatic N) is 1. The van der Waals surface area contributed by atoms with Crippen LogP contribution in [-0.4, -0.2) is 48.6 Å². The summed E-state index contributed by atoms with van der Waals surface area (Å²) in [6.45, 7) is 0.441. The van der Waals surface area contributed by atoms with E-state index in [1.54, 1.807) is 0 Å². The summed E-state index contributed by atoms with van der Waals surface area (Å²) < 4.78 is 39.8. The second-order valence-corrected chi connectivity index (χ2v) is 6.89. The number of aliphatic hydroxyl groups excluding tert-OH is 1. The van der Waals surface area contributed by atoms with E-state index in [4.69, 9.17) is 10.2 Å². The Hall–Kier alpha value is -1.51. The number of carbonyl (C=O) groups is 1. The predicted molar refractivity (Wildman–Crippen MR) is 71.9 cm³/mol. The molecule has 21 heavy (non-hydrogen) atoms. The van der Waals surface area contributed by atoms with Crippen LogP contribution < -0.4 is 0 Å². The average Bonchev–Trinajstić information content (AvgIpc) is 2.46. The molecule has 2 N–H and O–H groups in total. The summed E-state index contributed by atoms with van der Waals surface area (Å²) in [6, 6.07) is 2.75. The Morgan fingerprint density at radius 2 is 1.95 bits per heavy atom. The minimum Gasteiger partial charge on any atom is -0.478 e. The molecular weight excluding hydrogens is 301 g/mol. The van der Waals surface area contributed by atoms with E-state index >= 15 is 0 Å². The topological polar surface area (TPSA) is 94.9 Å². The van der Waals surface area contributed by atoms with E-state index in [0.29, 0.717) is 18.9 Å². The molecule has 0 radical (unpaired) electrons. The molecule has 0 saturated carbocycles. The average molecular weight is 317 g/mol. The van der Waals surface area contributed by atoms with Crippen molar-refractivity contribution < 1.29 is 27.8 Å². The zero-order chi connectivity index (χ0) is 15.6. The fourth-order valence-electron chi connectivity index (χ4n) is 2.31. The van der Waals surface area contributed by atoms with Crippen LogP contribution in [0, 0.1) is 11.7 Å². The molecule has 1 aliphatic rings. The Morgan fingerprint density at radius 1 is 1.33 bits per heavy atom. The van der Waals surface area contributed by atoms with Crippen LogP contribution in [0.3, 0.4) is 0 Å². The highest BCUT2D eigenvalue weighted by molar-refractivity contribution is 7.89. The van der Waals surface area contributed by atoms with Gasteiger partial charge in [-0.3, -0.25) is 0 Å². The van der Waals surface area contributed by atoms with Crippen molar-refractivity contribution in [2.45, 2.75) is 17.7 Å². The van der Waals surface area contributed by atoms with Gasteiger partial charge in [-0.15, -0.1) is 0 Å². The van der Waals surface area contributed by atoms with Crippen LogP contribution in [0.2, 0.25) is 0 Å². The number of benzene rings is 1. The number of aromatic carboxylic acids is 1. The molecule has 0 unspecified atom stereocenters. The second-order valence-electron chi connectivity index (χ2n) is 4.98. The van der Waals surface area contributed by atoms with Crippen LogP contribution >= 0.6 is 0 Å². The van der Waals surface area contributed by atoms with Gasteiger partial charge in [0.2, 0.25) is 10.0 Å². The monoisotopic (exact) mass is 317 g/mol. The number of aliphatic hydroxyl groups is 1. The van der Waals surface area contributed by atoms with Gasteiger partial charge in [-0.05, 0) is 37.0 Å². The van der Waals surface area contributed by atoms with Crippen LogP contribution in [0.25, 0.3) is 0 Å². The molecular formula is C13H16FNO5S. The van der Waals surface area contributed by atoms with E-state index in [2.05, 4.69) is 0 Å². The maximum atomic E-state index is 13.9. The molecule has 1 fully saturated rings. The molecule has 1 heterocycles. The van der Waals surface area contributed by atoms with Gasteiger partial charge >= 0.3 is 5.97 Å². The lowest BCUT2D eigenvalue weighted by Crippen LogP contribution is -2.39. The van der Waals surface area contributed by atoms with Gasteiger partial charge in [-0.25, -0.2) is 17.6 Å². The first-order valence-electron chi connectivity index (χ1n) is 6.50. The molecule has 0 spiro atoms. The Labute approximate surface area is 121 Å². The fraction of sp³-hybridized carbons (Fsp3) is 0.462. The number of rotatable bonds is 4. The Morgan fingerprint density at radius 3 is 2.43 bits per heavy atom. The smallest absolute Gasteiger partial charge is 0.335 e. The number of hydrogen-bond donors (Lipinski definition) is 2. The molecule has 116 valence electrons.